The number of halogens is 4. The highest BCUT2D eigenvalue weighted by atomic mass is 32.2. The predicted molar refractivity (Wildman–Crippen MR) is 344 cm³/mol. The van der Waals surface area contributed by atoms with Gasteiger partial charge in [-0.2, -0.15) is 34.6 Å². The van der Waals surface area contributed by atoms with E-state index in [9.17, 15) is 53.1 Å². The number of carbonyl (C=O) groups excluding carboxylic acids is 2. The third-order valence-corrected chi connectivity index (χ3v) is 18.2. The van der Waals surface area contributed by atoms with Gasteiger partial charge in [0.25, 0.3) is 26.1 Å². The lowest BCUT2D eigenvalue weighted by Gasteiger charge is -2.33. The molecule has 0 radical (unpaired) electrons. The van der Waals surface area contributed by atoms with Crippen LogP contribution in [0.2, 0.25) is 0 Å². The van der Waals surface area contributed by atoms with E-state index in [4.69, 9.17) is 14.2 Å². The van der Waals surface area contributed by atoms with E-state index in [1.165, 1.54) is 31.4 Å². The summed E-state index contributed by atoms with van der Waals surface area (Å²) < 4.78 is 144. The lowest BCUT2D eigenvalue weighted by Crippen LogP contribution is -2.46. The largest absolute Gasteiger partial charge is 0.495 e. The number of alkyl halides is 4. The van der Waals surface area contributed by atoms with Gasteiger partial charge in [0, 0.05) is 96.7 Å². The Morgan fingerprint density at radius 3 is 2.21 bits per heavy atom. The van der Waals surface area contributed by atoms with E-state index in [-0.39, 0.29) is 73.4 Å². The van der Waals surface area contributed by atoms with E-state index in [1.807, 2.05) is 76.9 Å². The second-order valence-corrected chi connectivity index (χ2v) is 26.5. The maximum Gasteiger partial charge on any atom is 0.406 e. The van der Waals surface area contributed by atoms with Gasteiger partial charge in [-0.3, -0.25) is 18.7 Å². The van der Waals surface area contributed by atoms with Gasteiger partial charge >= 0.3 is 6.18 Å². The number of likely N-dealkylation sites (N-methyl/N-ethyl adjacent to an activating group) is 1. The Balaban J connectivity index is 0.735. The number of allylic oxidation sites excluding steroid dienone is 6. The molecule has 1 aromatic heterocycles. The van der Waals surface area contributed by atoms with Gasteiger partial charge in [-0.15, -0.1) is 0 Å². The lowest BCUT2D eigenvalue weighted by atomic mass is 9.81. The van der Waals surface area contributed by atoms with Crippen molar-refractivity contribution < 1.29 is 71.9 Å². The van der Waals surface area contributed by atoms with E-state index in [2.05, 4.69) is 42.6 Å². The summed E-state index contributed by atoms with van der Waals surface area (Å²) in [5.74, 6) is 5.65. The lowest BCUT2D eigenvalue weighted by molar-refractivity contribution is -0.438. The Kier molecular flexibility index (Phi) is 22.7. The second kappa shape index (κ2) is 29.8. The van der Waals surface area contributed by atoms with E-state index in [0.29, 0.717) is 79.0 Å². The van der Waals surface area contributed by atoms with Crippen LogP contribution in [0.4, 0.5) is 40.3 Å². The molecule has 8 rings (SSSR count). The number of nitrogens with one attached hydrogen (secondary N) is 4. The second-order valence-electron chi connectivity index (χ2n) is 23.6. The fraction of sp³-hybridized carbons (Fsp3) is 0.439. The zero-order valence-electron chi connectivity index (χ0n) is 52.3. The summed E-state index contributed by atoms with van der Waals surface area (Å²) >= 11 is 0. The van der Waals surface area contributed by atoms with Crippen molar-refractivity contribution in [2.45, 2.75) is 112 Å². The van der Waals surface area contributed by atoms with Gasteiger partial charge in [0.1, 0.15) is 25.0 Å². The smallest absolute Gasteiger partial charge is 0.406 e. The van der Waals surface area contributed by atoms with Gasteiger partial charge in [0.2, 0.25) is 11.6 Å². The van der Waals surface area contributed by atoms with Gasteiger partial charge in [-0.05, 0) is 131 Å². The molecule has 0 spiro atoms. The molecule has 4 aromatic carbocycles. The minimum atomic E-state index is -4.52. The van der Waals surface area contributed by atoms with Gasteiger partial charge in [0.05, 0.1) is 78.2 Å². The fourth-order valence-electron chi connectivity index (χ4n) is 11.8. The highest BCUT2D eigenvalue weighted by Crippen LogP contribution is 2.48. The molecule has 0 saturated carbocycles. The highest BCUT2D eigenvalue weighted by Gasteiger charge is 2.45. The Bertz CT molecular complexity index is 3910. The van der Waals surface area contributed by atoms with Crippen LogP contribution in [0.5, 0.6) is 5.75 Å². The maximum atomic E-state index is 14.9. The van der Waals surface area contributed by atoms with Crippen molar-refractivity contribution in [2.24, 2.45) is 0 Å². The number of fused-ring (bicyclic) bond motifs is 3. The van der Waals surface area contributed by atoms with E-state index < -0.39 is 56.0 Å². The van der Waals surface area contributed by atoms with E-state index >= 15 is 0 Å². The van der Waals surface area contributed by atoms with Crippen molar-refractivity contribution in [3.05, 3.63) is 137 Å². The van der Waals surface area contributed by atoms with Crippen LogP contribution in [0.3, 0.4) is 0 Å². The molecule has 4 heterocycles. The first kappa shape index (κ1) is 69.3. The predicted octanol–water partition coefficient (Wildman–Crippen LogP) is 9.95. The number of aromatic nitrogens is 1. The summed E-state index contributed by atoms with van der Waals surface area (Å²) in [7, 11) is -5.56. The topological polar surface area (TPSA) is 233 Å². The number of amides is 2. The third kappa shape index (κ3) is 17.3. The summed E-state index contributed by atoms with van der Waals surface area (Å²) in [6.45, 7) is 12.5. The summed E-state index contributed by atoms with van der Waals surface area (Å²) in [5, 5.41) is 12.5. The number of ether oxygens (including phenoxy) is 3. The number of unbranched alkanes of at least 4 members (excludes halogenated alkanes) is 2. The minimum absolute atomic E-state index is 0.0397. The average Bonchev–Trinajstić information content (AvgIpc) is 1.61. The summed E-state index contributed by atoms with van der Waals surface area (Å²) in [6.07, 6.45) is 6.95. The van der Waals surface area contributed by atoms with Crippen molar-refractivity contribution in [3.8, 4) is 17.6 Å². The number of nitrogens with zero attached hydrogens (tertiary/aromatic N) is 4. The summed E-state index contributed by atoms with van der Waals surface area (Å²) in [6, 6.07) is 20.1. The molecule has 1 saturated heterocycles. The Labute approximate surface area is 530 Å². The Morgan fingerprint density at radius 1 is 0.824 bits per heavy atom. The minimum Gasteiger partial charge on any atom is -0.495 e. The number of piperidine rings is 1. The van der Waals surface area contributed by atoms with Crippen LogP contribution < -0.4 is 30.9 Å². The SMILES string of the molecule is CCN1\C(=C/C=C/C=C/C2=[N+](CCCCCC(=O)NCCOCCOCCNC(=O)c3ccc(NCC#Cc4cc5c(N[C@@H]6CCN(C)C[C@@H]6F)cccc5n4CC(F)(F)F)c(OC)c3)c3ccc(S(=O)(=O)O)cc3C2(C)C)C(C)(C)c2cc(S(=O)(=O)O)ccc21. The molecule has 2 amide bonds. The van der Waals surface area contributed by atoms with E-state index in [0.717, 1.165) is 51.3 Å². The molecule has 3 aliphatic rings. The molecule has 0 aliphatic carbocycles. The van der Waals surface area contributed by atoms with Crippen molar-refractivity contribution in [3.63, 3.8) is 0 Å². The van der Waals surface area contributed by atoms with Crippen LogP contribution >= 0.6 is 0 Å². The number of carbonyl (C=O) groups is 2. The molecule has 2 atom stereocenters. The van der Waals surface area contributed by atoms with Crippen LogP contribution in [0.15, 0.2) is 125 Å². The molecule has 19 nitrogen and oxygen atoms in total. The number of hydrogen-bond acceptors (Lipinski definition) is 13. The Morgan fingerprint density at radius 2 is 1.53 bits per heavy atom. The molecular weight excluding hydrogens is 1220 g/mol. The van der Waals surface area contributed by atoms with Crippen molar-refractivity contribution in [2.75, 3.05) is 102 Å². The fourth-order valence-corrected chi connectivity index (χ4v) is 12.9. The number of hydrogen-bond donors (Lipinski definition) is 6. The first-order valence-corrected chi connectivity index (χ1v) is 33.1. The molecule has 5 aromatic rings. The molecule has 0 unspecified atom stereocenters. The average molecular weight is 1300 g/mol. The number of methoxy groups -OCH3 is 1. The molecule has 91 heavy (non-hydrogen) atoms. The number of rotatable bonds is 28. The summed E-state index contributed by atoms with van der Waals surface area (Å²) in [5.41, 5.74) is 5.68. The van der Waals surface area contributed by atoms with Gasteiger partial charge in [-0.1, -0.05) is 44.1 Å². The van der Waals surface area contributed by atoms with Crippen LogP contribution in [-0.2, 0) is 51.9 Å². The standard InChI is InChI=1S/C66H80F4N8O11S2/c1-8-76-57-27-24-47(90(81,82)83)41-50(57)64(2,3)60(76)20-11-9-12-21-61-65(4,5)51-42-48(91(84,85)86)25-28-58(51)77(61)33-14-10-13-22-62(79)72-31-35-88-37-38-89-36-32-73-63(80)45-23-26-55(59(39-45)87-7)71-30-16-17-46-40-49-53(74-54-29-34-75(6)43-52(54)67)18-15-19-56(49)78(46)44-66(68,69)70/h9,11-12,15,18-21,23-28,39-42,52,54,74H,8,10,13-14,22,29-38,43-44H2,1-7H3,(H4-,71,72,73,79,80,81,82,83,84,85,86)/p+1/t52-,54+/m0/s1. The molecule has 25 heteroatoms. The number of anilines is 3. The molecule has 1 fully saturated rings. The highest BCUT2D eigenvalue weighted by molar-refractivity contribution is 7.86. The van der Waals surface area contributed by atoms with Gasteiger partial charge in [0.15, 0.2) is 5.71 Å². The normalized spacial score (nSPS) is 17.8. The first-order chi connectivity index (χ1) is 43.1. The monoisotopic (exact) mass is 1300 g/mol. The van der Waals surface area contributed by atoms with Crippen LogP contribution in [0, 0.1) is 11.8 Å². The number of likely N-dealkylation sites (tertiary alicyclic amines) is 1. The molecule has 490 valence electrons. The molecule has 3 aliphatic heterocycles. The Hall–Kier alpha value is -7.57. The maximum absolute atomic E-state index is 14.9. The van der Waals surface area contributed by atoms with Crippen molar-refractivity contribution in [1.29, 1.82) is 0 Å². The quantitative estimate of drug-likeness (QED) is 0.00683. The van der Waals surface area contributed by atoms with E-state index in [1.54, 1.807) is 54.6 Å². The van der Waals surface area contributed by atoms with Crippen LogP contribution in [0.1, 0.15) is 93.9 Å². The number of benzene rings is 4. The van der Waals surface area contributed by atoms with Crippen molar-refractivity contribution >= 4 is 71.4 Å². The first-order valence-electron chi connectivity index (χ1n) is 30.2. The molecule has 6 N–H and O–H groups in total. The zero-order valence-corrected chi connectivity index (χ0v) is 53.9. The molecule has 0 bridgehead atoms. The molecular formula is C66H81F4N8O11S2+. The van der Waals surface area contributed by atoms with Gasteiger partial charge < -0.3 is 49.8 Å². The van der Waals surface area contributed by atoms with Crippen LogP contribution in [0.25, 0.3) is 10.9 Å². The van der Waals surface area contributed by atoms with Crippen LogP contribution in [-0.4, -0.2) is 162 Å². The zero-order chi connectivity index (χ0) is 65.9. The third-order valence-electron chi connectivity index (χ3n) is 16.5. The van der Waals surface area contributed by atoms with Gasteiger partial charge in [-0.25, -0.2) is 4.39 Å². The summed E-state index contributed by atoms with van der Waals surface area (Å²) in [4.78, 5) is 29.4. The van der Waals surface area contributed by atoms with Crippen molar-refractivity contribution in [1.82, 2.24) is 20.1 Å².